The molecule has 0 amide bonds. The lowest BCUT2D eigenvalue weighted by molar-refractivity contribution is 0.528. The Balaban J connectivity index is 1.79. The lowest BCUT2D eigenvalue weighted by Gasteiger charge is -2.16. The summed E-state index contributed by atoms with van der Waals surface area (Å²) >= 11 is 0. The maximum atomic E-state index is 4.13. The second-order valence-electron chi connectivity index (χ2n) is 4.22. The minimum absolute atomic E-state index is 0.613. The van der Waals surface area contributed by atoms with Crippen LogP contribution in [0, 0.1) is 0 Å². The summed E-state index contributed by atoms with van der Waals surface area (Å²) in [5.74, 6) is 1.10. The lowest BCUT2D eigenvalue weighted by atomic mass is 10.1. The molecule has 2 heterocycles. The van der Waals surface area contributed by atoms with Gasteiger partial charge in [-0.3, -0.25) is 4.68 Å². The fraction of sp³-hybridized carbons (Fsp3) is 0.727. The first kappa shape index (κ1) is 10.5. The van der Waals surface area contributed by atoms with Crippen LogP contribution in [0.25, 0.3) is 0 Å². The van der Waals surface area contributed by atoms with Crippen molar-refractivity contribution in [3.63, 3.8) is 0 Å². The van der Waals surface area contributed by atoms with Crippen LogP contribution < -0.4 is 10.6 Å². The summed E-state index contributed by atoms with van der Waals surface area (Å²) in [5, 5.41) is 11.1. The molecule has 0 aliphatic carbocycles. The zero-order chi connectivity index (χ0) is 10.5. The molecule has 0 spiro atoms. The number of rotatable bonds is 3. The van der Waals surface area contributed by atoms with Gasteiger partial charge in [0.1, 0.15) is 5.82 Å². The minimum Gasteiger partial charge on any atom is -0.369 e. The molecule has 2 N–H and O–H groups in total. The number of nitrogens with one attached hydrogen (secondary N) is 2. The van der Waals surface area contributed by atoms with Gasteiger partial charge < -0.3 is 10.6 Å². The van der Waals surface area contributed by atoms with E-state index in [-0.39, 0.29) is 0 Å². The Bertz CT molecular complexity index is 287. The molecule has 1 saturated heterocycles. The predicted molar refractivity (Wildman–Crippen MR) is 62.0 cm³/mol. The van der Waals surface area contributed by atoms with Gasteiger partial charge in [-0.05, 0) is 19.4 Å². The van der Waals surface area contributed by atoms with Gasteiger partial charge in [-0.1, -0.05) is 12.8 Å². The Labute approximate surface area is 91.1 Å². The van der Waals surface area contributed by atoms with E-state index in [1.807, 2.05) is 24.0 Å². The first-order valence-electron chi connectivity index (χ1n) is 5.81. The molecular formula is C11H20N4. The number of nitrogens with zero attached hydrogens (tertiary/aromatic N) is 2. The van der Waals surface area contributed by atoms with Crippen molar-refractivity contribution in [2.24, 2.45) is 7.05 Å². The van der Waals surface area contributed by atoms with E-state index in [0.717, 1.165) is 18.9 Å². The van der Waals surface area contributed by atoms with E-state index < -0.39 is 0 Å². The second kappa shape index (κ2) is 5.16. The molecule has 1 aromatic rings. The summed E-state index contributed by atoms with van der Waals surface area (Å²) in [6.07, 6.45) is 7.15. The predicted octanol–water partition coefficient (Wildman–Crippen LogP) is 1.36. The lowest BCUT2D eigenvalue weighted by Crippen LogP contribution is -2.34. The molecule has 1 fully saturated rings. The van der Waals surface area contributed by atoms with Crippen LogP contribution in [0.15, 0.2) is 12.3 Å². The Hall–Kier alpha value is -1.03. The quantitative estimate of drug-likeness (QED) is 0.788. The van der Waals surface area contributed by atoms with Gasteiger partial charge in [-0.25, -0.2) is 0 Å². The van der Waals surface area contributed by atoms with Crippen LogP contribution >= 0.6 is 0 Å². The molecular weight excluding hydrogens is 188 g/mol. The van der Waals surface area contributed by atoms with E-state index in [9.17, 15) is 0 Å². The molecule has 4 heteroatoms. The van der Waals surface area contributed by atoms with Crippen molar-refractivity contribution < 1.29 is 0 Å². The van der Waals surface area contributed by atoms with Crippen molar-refractivity contribution in [1.82, 2.24) is 15.1 Å². The largest absolute Gasteiger partial charge is 0.369 e. The second-order valence-corrected chi connectivity index (χ2v) is 4.22. The highest BCUT2D eigenvalue weighted by Gasteiger charge is 2.11. The van der Waals surface area contributed by atoms with E-state index in [2.05, 4.69) is 15.7 Å². The van der Waals surface area contributed by atoms with Gasteiger partial charge in [0, 0.05) is 25.7 Å². The van der Waals surface area contributed by atoms with Crippen molar-refractivity contribution in [2.75, 3.05) is 18.4 Å². The van der Waals surface area contributed by atoms with Gasteiger partial charge in [0.25, 0.3) is 0 Å². The summed E-state index contributed by atoms with van der Waals surface area (Å²) in [6.45, 7) is 2.16. The zero-order valence-corrected chi connectivity index (χ0v) is 9.37. The topological polar surface area (TPSA) is 41.9 Å². The molecule has 1 atom stereocenters. The molecule has 2 rings (SSSR count). The van der Waals surface area contributed by atoms with Crippen molar-refractivity contribution in [3.8, 4) is 0 Å². The van der Waals surface area contributed by atoms with Crippen molar-refractivity contribution in [2.45, 2.75) is 31.7 Å². The highest BCUT2D eigenvalue weighted by Crippen LogP contribution is 2.10. The first-order valence-corrected chi connectivity index (χ1v) is 5.81. The monoisotopic (exact) mass is 208 g/mol. The smallest absolute Gasteiger partial charge is 0.123 e. The standard InChI is InChI=1S/C11H20N4/c1-15-11(6-8-14-15)13-9-10-5-3-2-4-7-12-10/h6,8,10,12-13H,2-5,7,9H2,1H3. The molecule has 15 heavy (non-hydrogen) atoms. The fourth-order valence-electron chi connectivity index (χ4n) is 2.05. The van der Waals surface area contributed by atoms with Gasteiger partial charge >= 0.3 is 0 Å². The molecule has 84 valence electrons. The number of hydrogen-bond acceptors (Lipinski definition) is 3. The van der Waals surface area contributed by atoms with Crippen LogP contribution in [0.3, 0.4) is 0 Å². The average Bonchev–Trinajstić information content (AvgIpc) is 2.53. The molecule has 4 nitrogen and oxygen atoms in total. The molecule has 0 saturated carbocycles. The summed E-state index contributed by atoms with van der Waals surface area (Å²) in [7, 11) is 1.96. The molecule has 1 aliphatic heterocycles. The number of hydrogen-bond donors (Lipinski definition) is 2. The van der Waals surface area contributed by atoms with Crippen LogP contribution in [0.4, 0.5) is 5.82 Å². The highest BCUT2D eigenvalue weighted by atomic mass is 15.3. The van der Waals surface area contributed by atoms with E-state index in [0.29, 0.717) is 6.04 Å². The maximum absolute atomic E-state index is 4.13. The van der Waals surface area contributed by atoms with Crippen molar-refractivity contribution in [3.05, 3.63) is 12.3 Å². The third kappa shape index (κ3) is 2.96. The Morgan fingerprint density at radius 2 is 2.47 bits per heavy atom. The normalized spacial score (nSPS) is 22.3. The van der Waals surface area contributed by atoms with E-state index in [1.54, 1.807) is 0 Å². The molecule has 0 radical (unpaired) electrons. The van der Waals surface area contributed by atoms with Gasteiger partial charge in [0.05, 0.1) is 6.20 Å². The summed E-state index contributed by atoms with van der Waals surface area (Å²) in [5.41, 5.74) is 0. The van der Waals surface area contributed by atoms with E-state index in [4.69, 9.17) is 0 Å². The van der Waals surface area contributed by atoms with Crippen LogP contribution in [-0.4, -0.2) is 28.9 Å². The van der Waals surface area contributed by atoms with E-state index >= 15 is 0 Å². The Morgan fingerprint density at radius 3 is 3.27 bits per heavy atom. The van der Waals surface area contributed by atoms with E-state index in [1.165, 1.54) is 25.7 Å². The third-order valence-corrected chi connectivity index (χ3v) is 3.01. The number of aromatic nitrogens is 2. The highest BCUT2D eigenvalue weighted by molar-refractivity contribution is 5.33. The van der Waals surface area contributed by atoms with Crippen LogP contribution in [0.5, 0.6) is 0 Å². The van der Waals surface area contributed by atoms with Gasteiger partial charge in [-0.15, -0.1) is 0 Å². The first-order chi connectivity index (χ1) is 7.36. The van der Waals surface area contributed by atoms with Crippen molar-refractivity contribution >= 4 is 5.82 Å². The molecule has 1 unspecified atom stereocenters. The maximum Gasteiger partial charge on any atom is 0.123 e. The van der Waals surface area contributed by atoms with Gasteiger partial charge in [-0.2, -0.15) is 5.10 Å². The number of anilines is 1. The molecule has 1 aliphatic rings. The fourth-order valence-corrected chi connectivity index (χ4v) is 2.05. The Kier molecular flexibility index (Phi) is 3.61. The molecule has 0 aromatic carbocycles. The number of aryl methyl sites for hydroxylation is 1. The molecule has 0 bridgehead atoms. The zero-order valence-electron chi connectivity index (χ0n) is 9.37. The van der Waals surface area contributed by atoms with Crippen molar-refractivity contribution in [1.29, 1.82) is 0 Å². The third-order valence-electron chi connectivity index (χ3n) is 3.01. The summed E-state index contributed by atoms with van der Waals surface area (Å²) in [6, 6.07) is 2.62. The SMILES string of the molecule is Cn1nccc1NCC1CCCCCN1. The van der Waals surface area contributed by atoms with Gasteiger partial charge in [0.2, 0.25) is 0 Å². The van der Waals surface area contributed by atoms with Crippen LogP contribution in [0.1, 0.15) is 25.7 Å². The summed E-state index contributed by atoms with van der Waals surface area (Å²) in [4.78, 5) is 0. The van der Waals surface area contributed by atoms with Gasteiger partial charge in [0.15, 0.2) is 0 Å². The van der Waals surface area contributed by atoms with Crippen LogP contribution in [-0.2, 0) is 7.05 Å². The van der Waals surface area contributed by atoms with Crippen LogP contribution in [0.2, 0.25) is 0 Å². The Morgan fingerprint density at radius 1 is 1.53 bits per heavy atom. The minimum atomic E-state index is 0.613. The summed E-state index contributed by atoms with van der Waals surface area (Å²) < 4.78 is 1.87. The average molecular weight is 208 g/mol. The molecule has 1 aromatic heterocycles.